The summed E-state index contributed by atoms with van der Waals surface area (Å²) in [4.78, 5) is 25.2. The van der Waals surface area contributed by atoms with Crippen LogP contribution in [0.15, 0.2) is 11.4 Å². The maximum Gasteiger partial charge on any atom is 0.334 e. The molecule has 0 saturated heterocycles. The molecule has 1 amide bonds. The Morgan fingerprint density at radius 1 is 1.56 bits per heavy atom. The van der Waals surface area contributed by atoms with Gasteiger partial charge in [-0.1, -0.05) is 0 Å². The lowest BCUT2D eigenvalue weighted by Crippen LogP contribution is -2.54. The van der Waals surface area contributed by atoms with Crippen LogP contribution in [0.25, 0.3) is 0 Å². The van der Waals surface area contributed by atoms with E-state index in [1.165, 1.54) is 23.2 Å². The summed E-state index contributed by atoms with van der Waals surface area (Å²) in [5, 5.41) is 11.3. The molecule has 1 aliphatic heterocycles. The molecule has 1 aliphatic rings. The molecular formula is C11H13NO3S. The molecule has 0 bridgehead atoms. The lowest BCUT2D eigenvalue weighted by Gasteiger charge is -2.40. The number of hydrogen-bond donors (Lipinski definition) is 1. The topological polar surface area (TPSA) is 57.6 Å². The lowest BCUT2D eigenvalue weighted by molar-refractivity contribution is -0.158. The van der Waals surface area contributed by atoms with Crippen molar-refractivity contribution in [2.45, 2.75) is 25.8 Å². The normalized spacial score (nSPS) is 24.0. The first-order valence-electron chi connectivity index (χ1n) is 5.06. The smallest absolute Gasteiger partial charge is 0.334 e. The summed E-state index contributed by atoms with van der Waals surface area (Å²) >= 11 is 1.41. The Morgan fingerprint density at radius 3 is 2.81 bits per heavy atom. The molecule has 1 unspecified atom stereocenters. The van der Waals surface area contributed by atoms with E-state index >= 15 is 0 Å². The van der Waals surface area contributed by atoms with Crippen LogP contribution in [0.1, 0.15) is 24.3 Å². The fraction of sp³-hybridized carbons (Fsp3) is 0.455. The Balaban J connectivity index is 2.58. The van der Waals surface area contributed by atoms with Crippen molar-refractivity contribution < 1.29 is 14.7 Å². The summed E-state index contributed by atoms with van der Waals surface area (Å²) in [5.41, 5.74) is -0.152. The van der Waals surface area contributed by atoms with Gasteiger partial charge in [-0.3, -0.25) is 4.79 Å². The summed E-state index contributed by atoms with van der Waals surface area (Å²) in [7, 11) is 0. The monoisotopic (exact) mass is 239 g/mol. The largest absolute Gasteiger partial charge is 0.479 e. The quantitative estimate of drug-likeness (QED) is 0.807. The number of nitrogens with zero attached hydrogens (tertiary/aromatic N) is 1. The number of carboxylic acid groups (broad SMARTS) is 1. The van der Waals surface area contributed by atoms with Gasteiger partial charge in [0, 0.05) is 18.3 Å². The van der Waals surface area contributed by atoms with Gasteiger partial charge in [0.15, 0.2) is 5.54 Å². The molecule has 0 radical (unpaired) electrons. The predicted octanol–water partition coefficient (Wildman–Crippen LogP) is 1.45. The van der Waals surface area contributed by atoms with Gasteiger partial charge >= 0.3 is 5.97 Å². The highest BCUT2D eigenvalue weighted by molar-refractivity contribution is 7.10. The third-order valence-corrected chi connectivity index (χ3v) is 4.30. The molecule has 2 heterocycles. The second-order valence-corrected chi connectivity index (χ2v) is 4.99. The van der Waals surface area contributed by atoms with Crippen LogP contribution < -0.4 is 0 Å². The Morgan fingerprint density at radius 2 is 2.25 bits per heavy atom. The minimum atomic E-state index is -1.20. The minimum Gasteiger partial charge on any atom is -0.479 e. The van der Waals surface area contributed by atoms with E-state index in [4.69, 9.17) is 0 Å². The van der Waals surface area contributed by atoms with Gasteiger partial charge < -0.3 is 10.0 Å². The molecule has 1 atom stereocenters. The molecule has 0 spiro atoms. The number of thiophene rings is 1. The van der Waals surface area contributed by atoms with E-state index in [1.54, 1.807) is 6.92 Å². The first-order valence-corrected chi connectivity index (χ1v) is 5.94. The van der Waals surface area contributed by atoms with Crippen LogP contribution >= 0.6 is 11.3 Å². The zero-order valence-electron chi connectivity index (χ0n) is 9.19. The standard InChI is InChI=1S/C11H13NO3S/c1-7(13)12-5-3-8-4-6-16-9(8)11(12,2)10(14)15/h4,6H,3,5H2,1-2H3,(H,14,15). The van der Waals surface area contributed by atoms with E-state index in [1.807, 2.05) is 11.4 Å². The Kier molecular flexibility index (Phi) is 2.50. The zero-order valence-corrected chi connectivity index (χ0v) is 10.0. The first kappa shape index (κ1) is 11.1. The molecule has 0 fully saturated rings. The van der Waals surface area contributed by atoms with Crippen LogP contribution in [-0.4, -0.2) is 28.4 Å². The fourth-order valence-electron chi connectivity index (χ4n) is 2.22. The molecular weight excluding hydrogens is 226 g/mol. The van der Waals surface area contributed by atoms with Crippen molar-refractivity contribution in [1.82, 2.24) is 4.90 Å². The van der Waals surface area contributed by atoms with Crippen molar-refractivity contribution in [3.05, 3.63) is 21.9 Å². The average Bonchev–Trinajstić information content (AvgIpc) is 2.66. The van der Waals surface area contributed by atoms with Crippen molar-refractivity contribution in [2.75, 3.05) is 6.54 Å². The highest BCUT2D eigenvalue weighted by Crippen LogP contribution is 2.39. The molecule has 0 saturated carbocycles. The van der Waals surface area contributed by atoms with Crippen molar-refractivity contribution in [2.24, 2.45) is 0 Å². The van der Waals surface area contributed by atoms with Crippen molar-refractivity contribution in [3.8, 4) is 0 Å². The Hall–Kier alpha value is -1.36. The van der Waals surface area contributed by atoms with Gasteiger partial charge in [-0.15, -0.1) is 11.3 Å². The van der Waals surface area contributed by atoms with Gasteiger partial charge in [0.2, 0.25) is 5.91 Å². The van der Waals surface area contributed by atoms with E-state index in [9.17, 15) is 14.7 Å². The van der Waals surface area contributed by atoms with Crippen molar-refractivity contribution >= 4 is 23.2 Å². The van der Waals surface area contributed by atoms with E-state index in [2.05, 4.69) is 0 Å². The maximum atomic E-state index is 11.5. The van der Waals surface area contributed by atoms with Crippen LogP contribution in [0.3, 0.4) is 0 Å². The van der Waals surface area contributed by atoms with Gasteiger partial charge in [0.25, 0.3) is 0 Å². The van der Waals surface area contributed by atoms with E-state index in [-0.39, 0.29) is 5.91 Å². The second kappa shape index (κ2) is 3.59. The highest BCUT2D eigenvalue weighted by Gasteiger charge is 2.47. The van der Waals surface area contributed by atoms with Crippen molar-refractivity contribution in [3.63, 3.8) is 0 Å². The highest BCUT2D eigenvalue weighted by atomic mass is 32.1. The lowest BCUT2D eigenvalue weighted by atomic mass is 9.89. The summed E-state index contributed by atoms with van der Waals surface area (Å²) in [5.74, 6) is -1.16. The van der Waals surface area contributed by atoms with E-state index < -0.39 is 11.5 Å². The van der Waals surface area contributed by atoms with Gasteiger partial charge in [0.1, 0.15) is 0 Å². The number of carbonyl (C=O) groups excluding carboxylic acids is 1. The molecule has 0 aliphatic carbocycles. The molecule has 1 aromatic heterocycles. The molecule has 1 N–H and O–H groups in total. The maximum absolute atomic E-state index is 11.5. The van der Waals surface area contributed by atoms with E-state index in [0.29, 0.717) is 6.54 Å². The molecule has 1 aromatic rings. The van der Waals surface area contributed by atoms with Gasteiger partial charge in [-0.05, 0) is 30.4 Å². The van der Waals surface area contributed by atoms with Crippen molar-refractivity contribution in [1.29, 1.82) is 0 Å². The van der Waals surface area contributed by atoms with Crippen LogP contribution in [0.2, 0.25) is 0 Å². The zero-order chi connectivity index (χ0) is 11.9. The third-order valence-electron chi connectivity index (χ3n) is 3.13. The molecule has 86 valence electrons. The second-order valence-electron chi connectivity index (χ2n) is 4.07. The van der Waals surface area contributed by atoms with Crippen LogP contribution in [0.4, 0.5) is 0 Å². The number of fused-ring (bicyclic) bond motifs is 1. The molecule has 0 aromatic carbocycles. The van der Waals surface area contributed by atoms with Gasteiger partial charge in [0.05, 0.1) is 0 Å². The molecule has 16 heavy (non-hydrogen) atoms. The number of carbonyl (C=O) groups is 2. The van der Waals surface area contributed by atoms with E-state index in [0.717, 1.165) is 16.9 Å². The molecule has 4 nitrogen and oxygen atoms in total. The van der Waals surface area contributed by atoms with Crippen LogP contribution in [0, 0.1) is 0 Å². The Bertz CT molecular complexity index is 454. The van der Waals surface area contributed by atoms with Gasteiger partial charge in [-0.2, -0.15) is 0 Å². The molecule has 2 rings (SSSR count). The minimum absolute atomic E-state index is 0.191. The fourth-order valence-corrected chi connectivity index (χ4v) is 3.34. The average molecular weight is 239 g/mol. The third kappa shape index (κ3) is 1.35. The number of rotatable bonds is 1. The molecule has 5 heteroatoms. The summed E-state index contributed by atoms with van der Waals surface area (Å²) in [6, 6.07) is 1.94. The van der Waals surface area contributed by atoms with Gasteiger partial charge in [-0.25, -0.2) is 4.79 Å². The number of carboxylic acids is 1. The van der Waals surface area contributed by atoms with Crippen LogP contribution in [-0.2, 0) is 21.5 Å². The Labute approximate surface area is 97.5 Å². The number of amides is 1. The number of hydrogen-bond acceptors (Lipinski definition) is 3. The number of aliphatic carboxylic acids is 1. The summed E-state index contributed by atoms with van der Waals surface area (Å²) in [6.45, 7) is 3.49. The SMILES string of the molecule is CC(=O)N1CCc2ccsc2C1(C)C(=O)O. The summed E-state index contributed by atoms with van der Waals surface area (Å²) < 4.78 is 0. The predicted molar refractivity (Wildman–Crippen MR) is 60.4 cm³/mol. The first-order chi connectivity index (χ1) is 7.48. The van der Waals surface area contributed by atoms with Crippen LogP contribution in [0.5, 0.6) is 0 Å². The summed E-state index contributed by atoms with van der Waals surface area (Å²) in [6.07, 6.45) is 0.737.